The molecule has 1 aliphatic rings. The molecule has 2 atom stereocenters. The second-order valence-corrected chi connectivity index (χ2v) is 4.97. The van der Waals surface area contributed by atoms with Crippen LogP contribution < -0.4 is 5.32 Å². The van der Waals surface area contributed by atoms with E-state index in [2.05, 4.69) is 10.3 Å². The summed E-state index contributed by atoms with van der Waals surface area (Å²) in [5.74, 6) is 0.429. The Labute approximate surface area is 123 Å². The molecule has 1 saturated heterocycles. The highest BCUT2D eigenvalue weighted by Gasteiger charge is 2.36. The monoisotopic (exact) mass is 299 g/mol. The van der Waals surface area contributed by atoms with E-state index in [1.54, 1.807) is 32.2 Å². The number of ether oxygens (including phenoxy) is 2. The van der Waals surface area contributed by atoms with Crippen LogP contribution in [-0.2, 0) is 9.47 Å². The fourth-order valence-corrected chi connectivity index (χ4v) is 2.54. The largest absolute Gasteiger partial charge is 0.377 e. The Balaban J connectivity index is 2.14. The number of hydrogen-bond donors (Lipinski definition) is 1. The van der Waals surface area contributed by atoms with E-state index in [1.165, 1.54) is 6.20 Å². The predicted molar refractivity (Wildman–Crippen MR) is 76.3 cm³/mol. The number of carbonyl (C=O) groups is 1. The summed E-state index contributed by atoms with van der Waals surface area (Å²) in [6.07, 6.45) is 1.30. The lowest BCUT2D eigenvalue weighted by atomic mass is 10.2. The van der Waals surface area contributed by atoms with Crippen molar-refractivity contribution in [2.75, 3.05) is 39.7 Å². The summed E-state index contributed by atoms with van der Waals surface area (Å²) in [5, 5.41) is 3.28. The molecule has 1 aromatic heterocycles. The zero-order valence-corrected chi connectivity index (χ0v) is 12.5. The number of rotatable bonds is 4. The van der Waals surface area contributed by atoms with E-state index in [-0.39, 0.29) is 18.1 Å². The van der Waals surface area contributed by atoms with Crippen LogP contribution >= 0.6 is 11.6 Å². The van der Waals surface area contributed by atoms with Crippen molar-refractivity contribution in [3.63, 3.8) is 0 Å². The van der Waals surface area contributed by atoms with Gasteiger partial charge in [-0.2, -0.15) is 0 Å². The molecular formula is C13H18ClN3O3. The molecule has 7 heteroatoms. The molecule has 2 heterocycles. The molecule has 0 aromatic carbocycles. The van der Waals surface area contributed by atoms with Gasteiger partial charge in [0, 0.05) is 40.6 Å². The van der Waals surface area contributed by atoms with Crippen LogP contribution in [0.1, 0.15) is 10.4 Å². The number of nitrogens with one attached hydrogen (secondary N) is 1. The van der Waals surface area contributed by atoms with Crippen molar-refractivity contribution in [2.24, 2.45) is 0 Å². The summed E-state index contributed by atoms with van der Waals surface area (Å²) in [4.78, 5) is 18.2. The number of methoxy groups -OCH3 is 2. The molecule has 20 heavy (non-hydrogen) atoms. The van der Waals surface area contributed by atoms with E-state index in [9.17, 15) is 4.79 Å². The van der Waals surface area contributed by atoms with Crippen molar-refractivity contribution < 1.29 is 14.3 Å². The maximum atomic E-state index is 12.4. The number of amides is 1. The van der Waals surface area contributed by atoms with Crippen molar-refractivity contribution in [3.05, 3.63) is 22.8 Å². The molecule has 2 rings (SSSR count). The van der Waals surface area contributed by atoms with Crippen LogP contribution in [0.4, 0.5) is 5.82 Å². The summed E-state index contributed by atoms with van der Waals surface area (Å²) in [7, 11) is 4.96. The van der Waals surface area contributed by atoms with E-state index < -0.39 is 0 Å². The molecule has 0 saturated carbocycles. The van der Waals surface area contributed by atoms with Crippen LogP contribution in [0.2, 0.25) is 5.02 Å². The van der Waals surface area contributed by atoms with Crippen molar-refractivity contribution >= 4 is 23.3 Å². The van der Waals surface area contributed by atoms with E-state index in [0.717, 1.165) is 0 Å². The fourth-order valence-electron chi connectivity index (χ4n) is 2.28. The number of aromatic nitrogens is 1. The molecule has 0 spiro atoms. The van der Waals surface area contributed by atoms with Gasteiger partial charge in [-0.1, -0.05) is 11.6 Å². The van der Waals surface area contributed by atoms with Gasteiger partial charge in [0.05, 0.1) is 10.6 Å². The van der Waals surface area contributed by atoms with Gasteiger partial charge >= 0.3 is 0 Å². The SMILES string of the molecule is CNc1ncc(C(=O)N2CC(OC)C(OC)C2)cc1Cl. The first kappa shape index (κ1) is 15.0. The number of anilines is 1. The molecule has 1 amide bonds. The average molecular weight is 300 g/mol. The Morgan fingerprint density at radius 1 is 1.40 bits per heavy atom. The maximum absolute atomic E-state index is 12.4. The van der Waals surface area contributed by atoms with Gasteiger partial charge in [-0.3, -0.25) is 4.79 Å². The highest BCUT2D eigenvalue weighted by Crippen LogP contribution is 2.22. The summed E-state index contributed by atoms with van der Waals surface area (Å²) < 4.78 is 10.6. The first-order chi connectivity index (χ1) is 9.60. The molecule has 6 nitrogen and oxygen atoms in total. The average Bonchev–Trinajstić information content (AvgIpc) is 2.89. The van der Waals surface area contributed by atoms with Crippen LogP contribution in [-0.4, -0.2) is 62.4 Å². The molecule has 1 aromatic rings. The Morgan fingerprint density at radius 3 is 2.45 bits per heavy atom. The second kappa shape index (κ2) is 6.39. The summed E-state index contributed by atoms with van der Waals surface area (Å²) in [6.45, 7) is 0.998. The molecule has 1 fully saturated rings. The Bertz CT molecular complexity index is 486. The molecule has 110 valence electrons. The van der Waals surface area contributed by atoms with E-state index in [0.29, 0.717) is 29.5 Å². The molecule has 0 radical (unpaired) electrons. The Morgan fingerprint density at radius 2 is 2.00 bits per heavy atom. The third kappa shape index (κ3) is 2.87. The van der Waals surface area contributed by atoms with Crippen LogP contribution in [0.15, 0.2) is 12.3 Å². The van der Waals surface area contributed by atoms with Gasteiger partial charge < -0.3 is 19.7 Å². The van der Waals surface area contributed by atoms with Crippen molar-refractivity contribution in [1.82, 2.24) is 9.88 Å². The number of halogens is 1. The summed E-state index contributed by atoms with van der Waals surface area (Å²) in [5.41, 5.74) is 0.459. The van der Waals surface area contributed by atoms with Gasteiger partial charge in [0.25, 0.3) is 5.91 Å². The lowest BCUT2D eigenvalue weighted by Crippen LogP contribution is -2.30. The maximum Gasteiger partial charge on any atom is 0.255 e. The van der Waals surface area contributed by atoms with Gasteiger partial charge in [0.15, 0.2) is 0 Å². The molecule has 0 bridgehead atoms. The lowest BCUT2D eigenvalue weighted by Gasteiger charge is -2.16. The molecule has 0 aliphatic carbocycles. The van der Waals surface area contributed by atoms with Gasteiger partial charge in [0.1, 0.15) is 18.0 Å². The standard InChI is InChI=1S/C13H18ClN3O3/c1-15-12-9(14)4-8(5-16-12)13(18)17-6-10(19-2)11(7-17)20-3/h4-5,10-11H,6-7H2,1-3H3,(H,15,16). The Hall–Kier alpha value is -1.37. The van der Waals surface area contributed by atoms with Gasteiger partial charge in [0.2, 0.25) is 0 Å². The van der Waals surface area contributed by atoms with Crippen molar-refractivity contribution in [1.29, 1.82) is 0 Å². The summed E-state index contributed by atoms with van der Waals surface area (Å²) >= 11 is 6.05. The number of nitrogens with zero attached hydrogens (tertiary/aromatic N) is 2. The second-order valence-electron chi connectivity index (χ2n) is 4.56. The first-order valence-electron chi connectivity index (χ1n) is 6.28. The normalized spacial score (nSPS) is 22.1. The highest BCUT2D eigenvalue weighted by molar-refractivity contribution is 6.33. The highest BCUT2D eigenvalue weighted by atomic mass is 35.5. The van der Waals surface area contributed by atoms with Crippen LogP contribution in [0.5, 0.6) is 0 Å². The topological polar surface area (TPSA) is 63.7 Å². The molecular weight excluding hydrogens is 282 g/mol. The van der Waals surface area contributed by atoms with Crippen molar-refractivity contribution in [2.45, 2.75) is 12.2 Å². The molecule has 1 aliphatic heterocycles. The zero-order chi connectivity index (χ0) is 14.7. The van der Waals surface area contributed by atoms with E-state index in [1.807, 2.05) is 0 Å². The lowest BCUT2D eigenvalue weighted by molar-refractivity contribution is -0.00461. The van der Waals surface area contributed by atoms with Crippen LogP contribution in [0, 0.1) is 0 Å². The quantitative estimate of drug-likeness (QED) is 0.907. The minimum absolute atomic E-state index is 0.107. The van der Waals surface area contributed by atoms with E-state index in [4.69, 9.17) is 21.1 Å². The van der Waals surface area contributed by atoms with Gasteiger partial charge in [-0.05, 0) is 6.07 Å². The van der Waals surface area contributed by atoms with E-state index >= 15 is 0 Å². The predicted octanol–water partition coefficient (Wildman–Crippen LogP) is 1.26. The number of carbonyl (C=O) groups excluding carboxylic acids is 1. The number of likely N-dealkylation sites (tertiary alicyclic amines) is 1. The molecule has 2 unspecified atom stereocenters. The third-order valence-electron chi connectivity index (χ3n) is 3.43. The summed E-state index contributed by atoms with van der Waals surface area (Å²) in [6, 6.07) is 1.62. The molecule has 1 N–H and O–H groups in total. The number of pyridine rings is 1. The first-order valence-corrected chi connectivity index (χ1v) is 6.66. The smallest absolute Gasteiger partial charge is 0.255 e. The third-order valence-corrected chi connectivity index (χ3v) is 3.72. The van der Waals surface area contributed by atoms with Crippen LogP contribution in [0.25, 0.3) is 0 Å². The zero-order valence-electron chi connectivity index (χ0n) is 11.7. The van der Waals surface area contributed by atoms with Crippen LogP contribution in [0.3, 0.4) is 0 Å². The van der Waals surface area contributed by atoms with Gasteiger partial charge in [-0.15, -0.1) is 0 Å². The fraction of sp³-hybridized carbons (Fsp3) is 0.538. The van der Waals surface area contributed by atoms with Gasteiger partial charge in [-0.25, -0.2) is 4.98 Å². The number of hydrogen-bond acceptors (Lipinski definition) is 5. The Kier molecular flexibility index (Phi) is 4.80. The minimum atomic E-state index is -0.122. The van der Waals surface area contributed by atoms with Crippen molar-refractivity contribution in [3.8, 4) is 0 Å². The minimum Gasteiger partial charge on any atom is -0.377 e.